The lowest BCUT2D eigenvalue weighted by Gasteiger charge is -2.32. The third-order valence-electron chi connectivity index (χ3n) is 3.45. The van der Waals surface area contributed by atoms with Crippen molar-refractivity contribution in [2.45, 2.75) is 25.2 Å². The van der Waals surface area contributed by atoms with Crippen LogP contribution in [0.5, 0.6) is 5.88 Å². The first-order valence-corrected chi connectivity index (χ1v) is 6.76. The minimum absolute atomic E-state index is 0.160. The molecule has 1 fully saturated rings. The third kappa shape index (κ3) is 3.08. The Morgan fingerprint density at radius 1 is 1.41 bits per heavy atom. The topological polar surface area (TPSA) is 111 Å². The number of ether oxygens (including phenoxy) is 1. The van der Waals surface area contributed by atoms with Gasteiger partial charge in [-0.2, -0.15) is 8.78 Å². The number of nitrogens with two attached hydrogens (primary N) is 2. The van der Waals surface area contributed by atoms with Crippen molar-refractivity contribution in [3.63, 3.8) is 0 Å². The van der Waals surface area contributed by atoms with Crippen LogP contribution in [0.2, 0.25) is 0 Å². The second-order valence-electron chi connectivity index (χ2n) is 5.20. The van der Waals surface area contributed by atoms with Crippen LogP contribution in [-0.4, -0.2) is 23.6 Å². The number of aliphatic imine (C=N–C) groups is 1. The maximum absolute atomic E-state index is 12.1. The highest BCUT2D eigenvalue weighted by Crippen LogP contribution is 2.38. The van der Waals surface area contributed by atoms with Gasteiger partial charge in [-0.25, -0.2) is 9.98 Å². The van der Waals surface area contributed by atoms with E-state index in [1.807, 2.05) is 0 Å². The zero-order chi connectivity index (χ0) is 15.7. The summed E-state index contributed by atoms with van der Waals surface area (Å²) in [5, 5.41) is 6.10. The van der Waals surface area contributed by atoms with Crippen molar-refractivity contribution in [3.8, 4) is 5.88 Å². The molecular formula is C13H16F2N6O. The first-order chi connectivity index (χ1) is 10.5. The summed E-state index contributed by atoms with van der Waals surface area (Å²) < 4.78 is 28.3. The molecule has 9 heteroatoms. The first kappa shape index (κ1) is 14.5. The molecule has 3 rings (SSSR count). The number of allylic oxidation sites excluding steroid dienone is 1. The highest BCUT2D eigenvalue weighted by molar-refractivity contribution is 5.81. The molecule has 6 N–H and O–H groups in total. The minimum atomic E-state index is -2.91. The maximum atomic E-state index is 12.1. The van der Waals surface area contributed by atoms with Crippen molar-refractivity contribution in [3.05, 3.63) is 29.8 Å². The quantitative estimate of drug-likeness (QED) is 0.643. The van der Waals surface area contributed by atoms with Gasteiger partial charge in [0.15, 0.2) is 5.79 Å². The lowest BCUT2D eigenvalue weighted by Crippen LogP contribution is -2.56. The van der Waals surface area contributed by atoms with Crippen LogP contribution in [0.1, 0.15) is 12.8 Å². The fourth-order valence-electron chi connectivity index (χ4n) is 2.14. The molecule has 0 amide bonds. The molecule has 7 nitrogen and oxygen atoms in total. The molecule has 0 radical (unpaired) electrons. The van der Waals surface area contributed by atoms with Crippen molar-refractivity contribution in [1.82, 2.24) is 10.3 Å². The van der Waals surface area contributed by atoms with Gasteiger partial charge in [0.05, 0.1) is 23.8 Å². The van der Waals surface area contributed by atoms with Gasteiger partial charge < -0.3 is 21.1 Å². The lowest BCUT2D eigenvalue weighted by molar-refractivity contribution is -0.0528. The number of nitrogens with zero attached hydrogens (tertiary/aromatic N) is 2. The predicted octanol–water partition coefficient (Wildman–Crippen LogP) is 0.919. The van der Waals surface area contributed by atoms with Crippen LogP contribution < -0.4 is 26.8 Å². The molecular weight excluding hydrogens is 294 g/mol. The number of rotatable bonds is 5. The largest absolute Gasteiger partial charge is 0.417 e. The zero-order valence-corrected chi connectivity index (χ0v) is 11.6. The molecule has 0 aromatic carbocycles. The second kappa shape index (κ2) is 5.41. The van der Waals surface area contributed by atoms with Gasteiger partial charge in [-0.3, -0.25) is 5.73 Å². The average Bonchev–Trinajstić information content (AvgIpc) is 3.30. The van der Waals surface area contributed by atoms with E-state index < -0.39 is 12.4 Å². The number of aromatic nitrogens is 1. The summed E-state index contributed by atoms with van der Waals surface area (Å²) in [6, 6.07) is 2.88. The van der Waals surface area contributed by atoms with Gasteiger partial charge >= 0.3 is 6.61 Å². The number of anilines is 1. The minimum Gasteiger partial charge on any atom is -0.417 e. The van der Waals surface area contributed by atoms with E-state index in [1.54, 1.807) is 6.07 Å². The van der Waals surface area contributed by atoms with Crippen LogP contribution in [0.4, 0.5) is 14.5 Å². The molecule has 1 atom stereocenters. The number of nitrogens with one attached hydrogen (secondary N) is 2. The Morgan fingerprint density at radius 3 is 2.77 bits per heavy atom. The van der Waals surface area contributed by atoms with Gasteiger partial charge in [0.2, 0.25) is 5.88 Å². The maximum Gasteiger partial charge on any atom is 0.388 e. The van der Waals surface area contributed by atoms with Crippen molar-refractivity contribution >= 4 is 11.9 Å². The SMILES string of the molecule is NC1=C(Nc2ccc(OC(F)F)nc2)NC(N)(C2CC2)N=C1. The van der Waals surface area contributed by atoms with Crippen LogP contribution in [0.3, 0.4) is 0 Å². The van der Waals surface area contributed by atoms with Crippen molar-refractivity contribution in [1.29, 1.82) is 0 Å². The van der Waals surface area contributed by atoms with Gasteiger partial charge in [0.1, 0.15) is 5.82 Å². The van der Waals surface area contributed by atoms with Crippen molar-refractivity contribution in [2.75, 3.05) is 5.32 Å². The molecule has 1 aliphatic heterocycles. The number of alkyl halides is 2. The number of pyridine rings is 1. The van der Waals surface area contributed by atoms with Gasteiger partial charge in [0, 0.05) is 12.0 Å². The molecule has 22 heavy (non-hydrogen) atoms. The summed E-state index contributed by atoms with van der Waals surface area (Å²) in [5.41, 5.74) is 13.0. The van der Waals surface area contributed by atoms with Crippen LogP contribution in [-0.2, 0) is 0 Å². The second-order valence-corrected chi connectivity index (χ2v) is 5.20. The molecule has 1 aliphatic carbocycles. The molecule has 0 bridgehead atoms. The lowest BCUT2D eigenvalue weighted by atomic mass is 10.2. The van der Waals surface area contributed by atoms with E-state index in [0.29, 0.717) is 17.2 Å². The molecule has 1 unspecified atom stereocenters. The first-order valence-electron chi connectivity index (χ1n) is 6.76. The molecule has 0 spiro atoms. The number of halogens is 2. The van der Waals surface area contributed by atoms with E-state index in [2.05, 4.69) is 25.3 Å². The molecule has 1 aromatic heterocycles. The van der Waals surface area contributed by atoms with Gasteiger partial charge in [-0.15, -0.1) is 0 Å². The summed E-state index contributed by atoms with van der Waals surface area (Å²) >= 11 is 0. The highest BCUT2D eigenvalue weighted by atomic mass is 19.3. The molecule has 1 aromatic rings. The Labute approximate surface area is 125 Å². The van der Waals surface area contributed by atoms with Gasteiger partial charge in [0.25, 0.3) is 0 Å². The highest BCUT2D eigenvalue weighted by Gasteiger charge is 2.44. The summed E-state index contributed by atoms with van der Waals surface area (Å²) in [6.45, 7) is -2.91. The zero-order valence-electron chi connectivity index (χ0n) is 11.6. The number of hydrogen-bond donors (Lipinski definition) is 4. The van der Waals surface area contributed by atoms with E-state index >= 15 is 0 Å². The van der Waals surface area contributed by atoms with E-state index in [0.717, 1.165) is 12.8 Å². The molecule has 1 saturated carbocycles. The third-order valence-corrected chi connectivity index (χ3v) is 3.45. The van der Waals surface area contributed by atoms with Crippen molar-refractivity contribution in [2.24, 2.45) is 22.4 Å². The summed E-state index contributed by atoms with van der Waals surface area (Å²) in [6.07, 6.45) is 4.89. The molecule has 0 saturated heterocycles. The molecule has 118 valence electrons. The molecule has 2 aliphatic rings. The van der Waals surface area contributed by atoms with Crippen LogP contribution in [0, 0.1) is 5.92 Å². The Hall–Kier alpha value is -2.42. The average molecular weight is 310 g/mol. The Balaban J connectivity index is 1.70. The van der Waals surface area contributed by atoms with E-state index in [9.17, 15) is 8.78 Å². The van der Waals surface area contributed by atoms with Gasteiger partial charge in [-0.05, 0) is 18.9 Å². The van der Waals surface area contributed by atoms with E-state index in [4.69, 9.17) is 11.5 Å². The van der Waals surface area contributed by atoms with E-state index in [-0.39, 0.29) is 11.8 Å². The standard InChI is InChI=1S/C13H16F2N6O/c14-12(15)22-10-4-3-8(5-18-10)20-11-9(16)6-19-13(17,21-11)7-1-2-7/h3-7,12,20-21H,1-2,16-17H2. The fourth-order valence-corrected chi connectivity index (χ4v) is 2.14. The Kier molecular flexibility index (Phi) is 3.57. The normalized spacial score (nSPS) is 24.4. The van der Waals surface area contributed by atoms with Gasteiger partial charge in [-0.1, -0.05) is 0 Å². The predicted molar refractivity (Wildman–Crippen MR) is 77.0 cm³/mol. The Morgan fingerprint density at radius 2 is 2.18 bits per heavy atom. The van der Waals surface area contributed by atoms with Crippen LogP contribution in [0.15, 0.2) is 34.8 Å². The Bertz CT molecular complexity index is 613. The fraction of sp³-hybridized carbons (Fsp3) is 0.385. The van der Waals surface area contributed by atoms with E-state index in [1.165, 1.54) is 18.5 Å². The van der Waals surface area contributed by atoms with Crippen LogP contribution >= 0.6 is 0 Å². The molecule has 2 heterocycles. The van der Waals surface area contributed by atoms with Crippen LogP contribution in [0.25, 0.3) is 0 Å². The monoisotopic (exact) mass is 310 g/mol. The summed E-state index contributed by atoms with van der Waals surface area (Å²) in [5.74, 6) is -0.244. The van der Waals surface area contributed by atoms with Crippen molar-refractivity contribution < 1.29 is 13.5 Å². The smallest absolute Gasteiger partial charge is 0.388 e. The number of hydrogen-bond acceptors (Lipinski definition) is 7. The summed E-state index contributed by atoms with van der Waals surface area (Å²) in [4.78, 5) is 8.02. The summed E-state index contributed by atoms with van der Waals surface area (Å²) in [7, 11) is 0.